The Bertz CT molecular complexity index is 852. The van der Waals surface area contributed by atoms with Gasteiger partial charge in [-0.05, 0) is 86.0 Å². The monoisotopic (exact) mass is 432 g/mol. The quantitative estimate of drug-likeness (QED) is 0.713. The highest BCUT2D eigenvalue weighted by molar-refractivity contribution is 8.15. The number of hydrogen-bond acceptors (Lipinski definition) is 4. The molecule has 1 heterocycles. The molecule has 5 aliphatic rings. The molecule has 1 aromatic rings. The summed E-state index contributed by atoms with van der Waals surface area (Å²) in [7, 11) is 0. The summed E-state index contributed by atoms with van der Waals surface area (Å²) in [4.78, 5) is 30.8. The maximum atomic E-state index is 12.9. The molecule has 4 aliphatic carbocycles. The van der Waals surface area contributed by atoms with Crippen molar-refractivity contribution in [1.29, 1.82) is 0 Å². The van der Waals surface area contributed by atoms with Gasteiger partial charge in [0.2, 0.25) is 5.91 Å². The van der Waals surface area contributed by atoms with E-state index in [9.17, 15) is 14.7 Å². The highest BCUT2D eigenvalue weighted by Gasteiger charge is 2.55. The zero-order valence-corrected chi connectivity index (χ0v) is 17.8. The number of hydrogen-bond donors (Lipinski definition) is 1. The van der Waals surface area contributed by atoms with Crippen LogP contribution >= 0.6 is 23.4 Å². The number of benzene rings is 1. The van der Waals surface area contributed by atoms with Crippen LogP contribution in [0.3, 0.4) is 0 Å². The van der Waals surface area contributed by atoms with Crippen LogP contribution < -0.4 is 0 Å². The Morgan fingerprint density at radius 3 is 2.52 bits per heavy atom. The van der Waals surface area contributed by atoms with Crippen molar-refractivity contribution in [2.24, 2.45) is 28.2 Å². The fourth-order valence-electron chi connectivity index (χ4n) is 6.31. The molecular formula is C22H25ClN2O3S. The number of thioether (sulfide) groups is 1. The molecule has 1 N–H and O–H groups in total. The van der Waals surface area contributed by atoms with Gasteiger partial charge in [0, 0.05) is 11.6 Å². The Hall–Kier alpha value is -1.53. The number of nitrogens with zero attached hydrogens (tertiary/aromatic N) is 2. The Labute approximate surface area is 179 Å². The van der Waals surface area contributed by atoms with E-state index in [0.717, 1.165) is 24.2 Å². The van der Waals surface area contributed by atoms with E-state index >= 15 is 0 Å². The van der Waals surface area contributed by atoms with Crippen molar-refractivity contribution in [3.05, 3.63) is 29.3 Å². The third-order valence-corrected chi connectivity index (χ3v) is 8.81. The summed E-state index contributed by atoms with van der Waals surface area (Å²) in [6, 6.07) is 7.08. The van der Waals surface area contributed by atoms with Gasteiger partial charge in [-0.2, -0.15) is 0 Å². The van der Waals surface area contributed by atoms with Crippen molar-refractivity contribution < 1.29 is 14.7 Å². The molecule has 3 unspecified atom stereocenters. The van der Waals surface area contributed by atoms with Crippen LogP contribution in [0.1, 0.15) is 44.9 Å². The minimum absolute atomic E-state index is 0.0283. The highest BCUT2D eigenvalue weighted by atomic mass is 35.5. The average molecular weight is 433 g/mol. The standard InChI is InChI=1S/C22H25ClN2O3S/c23-16-1-3-17(4-2-16)24-21-25(19(26)9-18(29-21)20(27)28)6-5-22-10-13-7-14(11-22)15(8-13)12-22/h1-4,13-15,18H,5-12H2,(H,27,28)/b24-21+. The van der Waals surface area contributed by atoms with Crippen LogP contribution in [-0.2, 0) is 9.59 Å². The van der Waals surface area contributed by atoms with Gasteiger partial charge in [-0.1, -0.05) is 23.4 Å². The average Bonchev–Trinajstić information content (AvgIpc) is 3.09. The molecule has 7 heteroatoms. The normalized spacial score (nSPS) is 36.9. The lowest BCUT2D eigenvalue weighted by Gasteiger charge is -2.40. The number of carbonyl (C=O) groups excluding carboxylic acids is 1. The summed E-state index contributed by atoms with van der Waals surface area (Å²) in [5.41, 5.74) is 1.06. The third-order valence-electron chi connectivity index (χ3n) is 7.38. The summed E-state index contributed by atoms with van der Waals surface area (Å²) in [6.07, 6.45) is 7.77. The predicted octanol–water partition coefficient (Wildman–Crippen LogP) is 4.96. The summed E-state index contributed by atoms with van der Waals surface area (Å²) in [6.45, 7) is 0.636. The fraction of sp³-hybridized carbons (Fsp3) is 0.591. The molecular weight excluding hydrogens is 408 g/mol. The van der Waals surface area contributed by atoms with Crippen LogP contribution in [0, 0.1) is 23.2 Å². The second-order valence-electron chi connectivity index (χ2n) is 9.28. The van der Waals surface area contributed by atoms with Crippen LogP contribution in [0.2, 0.25) is 5.02 Å². The van der Waals surface area contributed by atoms with Crippen molar-refractivity contribution >= 4 is 46.1 Å². The van der Waals surface area contributed by atoms with Gasteiger partial charge in [-0.15, -0.1) is 0 Å². The second kappa shape index (κ2) is 7.31. The Balaban J connectivity index is 1.36. The first-order chi connectivity index (χ1) is 13.9. The van der Waals surface area contributed by atoms with Gasteiger partial charge in [0.25, 0.3) is 0 Å². The zero-order chi connectivity index (χ0) is 20.2. The van der Waals surface area contributed by atoms with Gasteiger partial charge in [0.05, 0.1) is 12.1 Å². The van der Waals surface area contributed by atoms with Gasteiger partial charge < -0.3 is 5.11 Å². The maximum absolute atomic E-state index is 12.9. The number of carbonyl (C=O) groups is 2. The van der Waals surface area contributed by atoms with Gasteiger partial charge >= 0.3 is 5.97 Å². The molecule has 4 saturated carbocycles. The Morgan fingerprint density at radius 2 is 1.90 bits per heavy atom. The molecule has 3 atom stereocenters. The molecule has 6 rings (SSSR count). The van der Waals surface area contributed by atoms with E-state index < -0.39 is 11.2 Å². The maximum Gasteiger partial charge on any atom is 0.317 e. The van der Waals surface area contributed by atoms with E-state index in [1.54, 1.807) is 29.2 Å². The smallest absolute Gasteiger partial charge is 0.317 e. The van der Waals surface area contributed by atoms with Crippen LogP contribution in [-0.4, -0.2) is 38.8 Å². The number of carboxylic acid groups (broad SMARTS) is 1. The van der Waals surface area contributed by atoms with Crippen LogP contribution in [0.15, 0.2) is 29.3 Å². The molecule has 0 aromatic heterocycles. The van der Waals surface area contributed by atoms with Gasteiger partial charge in [-0.25, -0.2) is 4.99 Å². The van der Waals surface area contributed by atoms with E-state index in [4.69, 9.17) is 11.6 Å². The van der Waals surface area contributed by atoms with Crippen molar-refractivity contribution in [3.8, 4) is 0 Å². The first-order valence-corrected chi connectivity index (χ1v) is 11.7. The van der Waals surface area contributed by atoms with Gasteiger partial charge in [0.15, 0.2) is 5.17 Å². The van der Waals surface area contributed by atoms with Crippen LogP contribution in [0.25, 0.3) is 0 Å². The lowest BCUT2D eigenvalue weighted by Crippen LogP contribution is -2.45. The van der Waals surface area contributed by atoms with E-state index in [2.05, 4.69) is 4.99 Å². The number of rotatable bonds is 5. The fourth-order valence-corrected chi connectivity index (χ4v) is 7.50. The molecule has 5 fully saturated rings. The molecule has 1 aromatic carbocycles. The van der Waals surface area contributed by atoms with Crippen molar-refractivity contribution in [2.45, 2.75) is 50.2 Å². The van der Waals surface area contributed by atoms with Crippen LogP contribution in [0.5, 0.6) is 0 Å². The first-order valence-electron chi connectivity index (χ1n) is 10.4. The number of carboxylic acids is 1. The highest BCUT2D eigenvalue weighted by Crippen LogP contribution is 2.65. The number of aliphatic imine (C=N–C) groups is 1. The lowest BCUT2D eigenvalue weighted by molar-refractivity contribution is -0.139. The Morgan fingerprint density at radius 1 is 1.21 bits per heavy atom. The molecule has 1 saturated heterocycles. The molecule has 1 amide bonds. The summed E-state index contributed by atoms with van der Waals surface area (Å²) in [5, 5.41) is 9.79. The molecule has 5 nitrogen and oxygen atoms in total. The van der Waals surface area contributed by atoms with Crippen LogP contribution in [0.4, 0.5) is 5.69 Å². The van der Waals surface area contributed by atoms with E-state index in [0.29, 0.717) is 27.8 Å². The first kappa shape index (κ1) is 19.4. The van der Waals surface area contributed by atoms with Crippen molar-refractivity contribution in [3.63, 3.8) is 0 Å². The molecule has 1 aliphatic heterocycles. The summed E-state index contributed by atoms with van der Waals surface area (Å²) in [5.74, 6) is 1.60. The number of aliphatic carboxylic acids is 1. The molecule has 154 valence electrons. The molecule has 4 bridgehead atoms. The molecule has 0 radical (unpaired) electrons. The van der Waals surface area contributed by atoms with Gasteiger partial charge in [0.1, 0.15) is 5.25 Å². The molecule has 29 heavy (non-hydrogen) atoms. The lowest BCUT2D eigenvalue weighted by atomic mass is 9.67. The number of amides is 1. The molecule has 0 spiro atoms. The summed E-state index contributed by atoms with van der Waals surface area (Å²) < 4.78 is 0. The van der Waals surface area contributed by atoms with Crippen molar-refractivity contribution in [2.75, 3.05) is 6.54 Å². The minimum atomic E-state index is -0.962. The summed E-state index contributed by atoms with van der Waals surface area (Å²) >= 11 is 7.15. The third kappa shape index (κ3) is 3.70. The Kier molecular flexibility index (Phi) is 4.90. The SMILES string of the molecule is O=C(O)C1CC(=O)N(CCC23CC4CC(C2)C(C4)C3)/C(=N\c2ccc(Cl)cc2)S1. The largest absolute Gasteiger partial charge is 0.480 e. The number of halogens is 1. The van der Waals surface area contributed by atoms with E-state index in [1.807, 2.05) is 0 Å². The van der Waals surface area contributed by atoms with Crippen molar-refractivity contribution in [1.82, 2.24) is 4.90 Å². The minimum Gasteiger partial charge on any atom is -0.480 e. The topological polar surface area (TPSA) is 70.0 Å². The van der Waals surface area contributed by atoms with Gasteiger partial charge in [-0.3, -0.25) is 14.5 Å². The number of amidine groups is 1. The zero-order valence-electron chi connectivity index (χ0n) is 16.2. The predicted molar refractivity (Wildman–Crippen MR) is 114 cm³/mol. The van der Waals surface area contributed by atoms with E-state index in [-0.39, 0.29) is 12.3 Å². The van der Waals surface area contributed by atoms with E-state index in [1.165, 1.54) is 43.9 Å². The second-order valence-corrected chi connectivity index (χ2v) is 10.9.